The zero-order chi connectivity index (χ0) is 20.4. The highest BCUT2D eigenvalue weighted by Gasteiger charge is 2.11. The Morgan fingerprint density at radius 3 is 2.86 bits per heavy atom. The van der Waals surface area contributed by atoms with Crippen LogP contribution in [0.5, 0.6) is 0 Å². The molecule has 10 nitrogen and oxygen atoms in total. The highest BCUT2D eigenvalue weighted by atomic mass is 32.1. The number of nitro benzene ring substituents is 1. The van der Waals surface area contributed by atoms with Crippen LogP contribution in [0.2, 0.25) is 0 Å². The Labute approximate surface area is 165 Å². The summed E-state index contributed by atoms with van der Waals surface area (Å²) >= 11 is 1.12. The maximum Gasteiger partial charge on any atom is 0.270 e. The monoisotopic (exact) mass is 404 g/mol. The summed E-state index contributed by atoms with van der Waals surface area (Å²) in [5.41, 5.74) is 2.75. The van der Waals surface area contributed by atoms with Crippen LogP contribution in [0, 0.1) is 10.1 Å². The van der Waals surface area contributed by atoms with Gasteiger partial charge in [0.2, 0.25) is 16.9 Å². The lowest BCUT2D eigenvalue weighted by Crippen LogP contribution is -2.19. The summed E-state index contributed by atoms with van der Waals surface area (Å²) in [4.78, 5) is 33.9. The van der Waals surface area contributed by atoms with Gasteiger partial charge in [-0.25, -0.2) is 5.43 Å². The Kier molecular flexibility index (Phi) is 8.15. The van der Waals surface area contributed by atoms with E-state index in [4.69, 9.17) is 0 Å². The molecule has 2 rings (SSSR count). The lowest BCUT2D eigenvalue weighted by molar-refractivity contribution is -0.384. The number of carbonyl (C=O) groups is 2. The lowest BCUT2D eigenvalue weighted by Gasteiger charge is -1.99. The van der Waals surface area contributed by atoms with Crippen LogP contribution >= 0.6 is 11.3 Å². The van der Waals surface area contributed by atoms with Gasteiger partial charge in [0.25, 0.3) is 5.69 Å². The number of benzene rings is 1. The van der Waals surface area contributed by atoms with Gasteiger partial charge in [-0.1, -0.05) is 43.2 Å². The maximum absolute atomic E-state index is 11.9. The smallest absolute Gasteiger partial charge is 0.270 e. The number of nitrogens with zero attached hydrogens (tertiary/aromatic N) is 4. The van der Waals surface area contributed by atoms with Gasteiger partial charge in [0.15, 0.2) is 0 Å². The van der Waals surface area contributed by atoms with Crippen LogP contribution < -0.4 is 10.7 Å². The van der Waals surface area contributed by atoms with Crippen LogP contribution in [0.3, 0.4) is 0 Å². The minimum atomic E-state index is -0.508. The zero-order valence-corrected chi connectivity index (χ0v) is 16.1. The number of nitrogens with one attached hydrogen (secondary N) is 2. The molecule has 0 fully saturated rings. The van der Waals surface area contributed by atoms with E-state index in [1.54, 1.807) is 6.07 Å². The summed E-state index contributed by atoms with van der Waals surface area (Å²) in [6.45, 7) is 2.06. The van der Waals surface area contributed by atoms with Crippen molar-refractivity contribution in [3.05, 3.63) is 45.0 Å². The first-order valence-corrected chi connectivity index (χ1v) is 9.48. The third-order valence-corrected chi connectivity index (χ3v) is 4.35. The predicted molar refractivity (Wildman–Crippen MR) is 105 cm³/mol. The van der Waals surface area contributed by atoms with E-state index in [2.05, 4.69) is 33.0 Å². The molecule has 2 amide bonds. The molecule has 0 saturated carbocycles. The summed E-state index contributed by atoms with van der Waals surface area (Å²) in [5.74, 6) is -0.541. The Morgan fingerprint density at radius 1 is 1.29 bits per heavy atom. The molecule has 2 aromatic rings. The van der Waals surface area contributed by atoms with E-state index in [9.17, 15) is 19.7 Å². The van der Waals surface area contributed by atoms with E-state index in [1.807, 2.05) is 0 Å². The normalized spacial score (nSPS) is 10.8. The van der Waals surface area contributed by atoms with Crippen molar-refractivity contribution in [1.82, 2.24) is 15.6 Å². The second-order valence-corrected chi connectivity index (χ2v) is 6.89. The third kappa shape index (κ3) is 7.19. The Bertz CT molecular complexity index is 867. The van der Waals surface area contributed by atoms with E-state index in [-0.39, 0.29) is 18.0 Å². The minimum Gasteiger partial charge on any atom is -0.301 e. The average Bonchev–Trinajstić information content (AvgIpc) is 3.08. The van der Waals surface area contributed by atoms with Gasteiger partial charge < -0.3 is 5.32 Å². The van der Waals surface area contributed by atoms with Gasteiger partial charge in [-0.2, -0.15) is 5.10 Å². The zero-order valence-electron chi connectivity index (χ0n) is 15.3. The molecule has 0 spiro atoms. The number of unbranched alkanes of at least 4 members (excludes halogenated alkanes) is 2. The van der Waals surface area contributed by atoms with Gasteiger partial charge >= 0.3 is 0 Å². The summed E-state index contributed by atoms with van der Waals surface area (Å²) in [5, 5.41) is 25.7. The number of amides is 2. The van der Waals surface area contributed by atoms with E-state index in [1.165, 1.54) is 24.4 Å². The lowest BCUT2D eigenvalue weighted by atomic mass is 10.2. The maximum atomic E-state index is 11.9. The fourth-order valence-electron chi connectivity index (χ4n) is 2.17. The molecule has 1 heterocycles. The van der Waals surface area contributed by atoms with Gasteiger partial charge in [0, 0.05) is 24.1 Å². The molecule has 0 radical (unpaired) electrons. The molecule has 2 N–H and O–H groups in total. The quantitative estimate of drug-likeness (QED) is 0.270. The van der Waals surface area contributed by atoms with Gasteiger partial charge in [-0.05, 0) is 6.42 Å². The number of anilines is 1. The van der Waals surface area contributed by atoms with E-state index in [0.29, 0.717) is 22.1 Å². The number of hydrogen-bond donors (Lipinski definition) is 2. The third-order valence-electron chi connectivity index (χ3n) is 3.52. The summed E-state index contributed by atoms with van der Waals surface area (Å²) in [6, 6.07) is 5.87. The first-order chi connectivity index (χ1) is 13.5. The van der Waals surface area contributed by atoms with Crippen molar-refractivity contribution >= 4 is 40.2 Å². The van der Waals surface area contributed by atoms with Crippen LogP contribution in [-0.4, -0.2) is 33.1 Å². The number of nitro groups is 1. The molecule has 1 aromatic carbocycles. The van der Waals surface area contributed by atoms with Crippen molar-refractivity contribution in [3.8, 4) is 0 Å². The van der Waals surface area contributed by atoms with Crippen LogP contribution in [0.1, 0.15) is 43.2 Å². The second-order valence-electron chi connectivity index (χ2n) is 5.83. The van der Waals surface area contributed by atoms with Gasteiger partial charge in [0.05, 0.1) is 17.6 Å². The van der Waals surface area contributed by atoms with Crippen LogP contribution in [0.15, 0.2) is 29.4 Å². The van der Waals surface area contributed by atoms with Crippen LogP contribution in [0.25, 0.3) is 0 Å². The molecule has 0 aliphatic rings. The highest BCUT2D eigenvalue weighted by Crippen LogP contribution is 2.16. The molecular weight excluding hydrogens is 384 g/mol. The van der Waals surface area contributed by atoms with E-state index < -0.39 is 10.8 Å². The largest absolute Gasteiger partial charge is 0.301 e. The molecule has 0 saturated heterocycles. The summed E-state index contributed by atoms with van der Waals surface area (Å²) in [6.07, 6.45) is 4.54. The Hall–Kier alpha value is -3.21. The average molecular weight is 404 g/mol. The highest BCUT2D eigenvalue weighted by molar-refractivity contribution is 7.15. The molecule has 28 heavy (non-hydrogen) atoms. The molecule has 11 heteroatoms. The second kappa shape index (κ2) is 10.8. The van der Waals surface area contributed by atoms with Gasteiger partial charge in [-0.3, -0.25) is 19.7 Å². The first-order valence-electron chi connectivity index (χ1n) is 8.66. The molecule has 0 aliphatic heterocycles. The first kappa shape index (κ1) is 21.1. The van der Waals surface area contributed by atoms with Crippen LogP contribution in [-0.2, 0) is 16.0 Å². The van der Waals surface area contributed by atoms with Crippen LogP contribution in [0.4, 0.5) is 10.8 Å². The summed E-state index contributed by atoms with van der Waals surface area (Å²) < 4.78 is 0. The van der Waals surface area contributed by atoms with Crippen molar-refractivity contribution in [2.24, 2.45) is 5.10 Å². The fourth-order valence-corrected chi connectivity index (χ4v) is 2.92. The SMILES string of the molecule is CCCCCC(=O)Nc1nnc(CC(=O)N/N=C\c2cccc([N+](=O)[O-])c2)s1. The molecule has 148 valence electrons. The molecule has 0 unspecified atom stereocenters. The van der Waals surface area contributed by atoms with Crippen molar-refractivity contribution < 1.29 is 14.5 Å². The Morgan fingerprint density at radius 2 is 2.11 bits per heavy atom. The number of rotatable bonds is 10. The summed E-state index contributed by atoms with van der Waals surface area (Å²) in [7, 11) is 0. The van der Waals surface area contributed by atoms with E-state index >= 15 is 0 Å². The predicted octanol–water partition coefficient (Wildman–Crippen LogP) is 2.66. The van der Waals surface area contributed by atoms with Gasteiger partial charge in [0.1, 0.15) is 5.01 Å². The van der Waals surface area contributed by atoms with Crippen molar-refractivity contribution in [2.75, 3.05) is 5.32 Å². The number of hydrazone groups is 1. The van der Waals surface area contributed by atoms with E-state index in [0.717, 1.165) is 30.6 Å². The van der Waals surface area contributed by atoms with Crippen molar-refractivity contribution in [2.45, 2.75) is 39.0 Å². The standard InChI is InChI=1S/C17H20N6O4S/c1-2-3-4-8-14(24)19-17-22-21-16(28-17)10-15(25)20-18-11-12-6-5-7-13(9-12)23(26)27/h5-7,9,11H,2-4,8,10H2,1H3,(H,20,25)(H,19,22,24)/b18-11-. The van der Waals surface area contributed by atoms with Crippen molar-refractivity contribution in [3.63, 3.8) is 0 Å². The fraction of sp³-hybridized carbons (Fsp3) is 0.353. The minimum absolute atomic E-state index is 0.0460. The molecule has 0 bridgehead atoms. The molecule has 0 aliphatic carbocycles. The number of aromatic nitrogens is 2. The molecule has 1 aromatic heterocycles. The topological polar surface area (TPSA) is 139 Å². The van der Waals surface area contributed by atoms with Crippen molar-refractivity contribution in [1.29, 1.82) is 0 Å². The van der Waals surface area contributed by atoms with Gasteiger partial charge in [-0.15, -0.1) is 10.2 Å². The number of non-ortho nitro benzene ring substituents is 1. The Balaban J connectivity index is 1.80. The molecular formula is C17H20N6O4S. The number of hydrogen-bond acceptors (Lipinski definition) is 8. The molecule has 0 atom stereocenters. The number of carbonyl (C=O) groups excluding carboxylic acids is 2.